The van der Waals surface area contributed by atoms with Crippen molar-refractivity contribution in [3.05, 3.63) is 35.2 Å². The molecule has 1 aromatic carbocycles. The number of rotatable bonds is 5. The second-order valence-electron chi connectivity index (χ2n) is 3.90. The molecular weight excluding hydrogens is 328 g/mol. The summed E-state index contributed by atoms with van der Waals surface area (Å²) >= 11 is 3.21. The van der Waals surface area contributed by atoms with Crippen molar-refractivity contribution in [1.82, 2.24) is 10.6 Å². The van der Waals surface area contributed by atoms with Gasteiger partial charge in [-0.3, -0.25) is 4.79 Å². The lowest BCUT2D eigenvalue weighted by Crippen LogP contribution is -2.19. The minimum Gasteiger partial charge on any atom is -0.493 e. The highest BCUT2D eigenvalue weighted by molar-refractivity contribution is 9.09. The summed E-state index contributed by atoms with van der Waals surface area (Å²) in [7, 11) is 3.00. The number of hydrogen-bond donors (Lipinski definition) is 1. The highest BCUT2D eigenvalue weighted by Gasteiger charge is 2.28. The first-order valence-electron chi connectivity index (χ1n) is 5.69. The van der Waals surface area contributed by atoms with E-state index < -0.39 is 6.03 Å². The molecule has 0 fully saturated rings. The normalized spacial score (nSPS) is 13.8. The molecule has 1 aromatic rings. The Bertz CT molecular complexity index is 598. The van der Waals surface area contributed by atoms with Gasteiger partial charge in [0.15, 0.2) is 11.5 Å². The maximum atomic E-state index is 12.4. The van der Waals surface area contributed by atoms with Gasteiger partial charge >= 0.3 is 6.03 Å². The molecule has 20 heavy (non-hydrogen) atoms. The van der Waals surface area contributed by atoms with Gasteiger partial charge in [-0.05, 0) is 18.2 Å². The van der Waals surface area contributed by atoms with Crippen LogP contribution in [0.2, 0.25) is 0 Å². The van der Waals surface area contributed by atoms with Crippen LogP contribution in [0.15, 0.2) is 29.6 Å². The third-order valence-electron chi connectivity index (χ3n) is 2.75. The zero-order valence-corrected chi connectivity index (χ0v) is 12.5. The molecule has 0 aliphatic carbocycles. The number of urea groups is 1. The van der Waals surface area contributed by atoms with Gasteiger partial charge in [-0.15, -0.1) is 0 Å². The summed E-state index contributed by atoms with van der Waals surface area (Å²) in [5.74, 6) is 0.617. The molecule has 1 heterocycles. The second-order valence-corrected chi connectivity index (χ2v) is 4.46. The Morgan fingerprint density at radius 1 is 1.30 bits per heavy atom. The van der Waals surface area contributed by atoms with E-state index in [9.17, 15) is 9.59 Å². The lowest BCUT2D eigenvalue weighted by Gasteiger charge is -2.09. The summed E-state index contributed by atoms with van der Waals surface area (Å²) in [5.41, 5.74) is 0.935. The Kier molecular flexibility index (Phi) is 4.29. The molecule has 1 aliphatic heterocycles. The van der Waals surface area contributed by atoms with E-state index in [1.807, 2.05) is 0 Å². The number of hydrogen-bond acceptors (Lipinski definition) is 4. The van der Waals surface area contributed by atoms with Crippen LogP contribution in [0, 0.1) is 0 Å². The van der Waals surface area contributed by atoms with Gasteiger partial charge in [0.1, 0.15) is 5.70 Å². The van der Waals surface area contributed by atoms with Crippen LogP contribution < -0.4 is 20.1 Å². The molecule has 0 unspecified atom stereocenters. The number of carbonyl (C=O) groups is 2. The van der Waals surface area contributed by atoms with E-state index >= 15 is 0 Å². The fourth-order valence-corrected chi connectivity index (χ4v) is 2.19. The third-order valence-corrected chi connectivity index (χ3v) is 3.31. The van der Waals surface area contributed by atoms with Crippen molar-refractivity contribution < 1.29 is 19.1 Å². The predicted molar refractivity (Wildman–Crippen MR) is 75.4 cm³/mol. The number of amides is 2. The zero-order valence-electron chi connectivity index (χ0n) is 10.9. The lowest BCUT2D eigenvalue weighted by atomic mass is 10.1. The average molecular weight is 340 g/mol. The Labute approximate surface area is 124 Å². The van der Waals surface area contributed by atoms with Crippen molar-refractivity contribution in [2.45, 2.75) is 0 Å². The molecule has 2 amide bonds. The first-order chi connectivity index (χ1) is 9.60. The quantitative estimate of drug-likeness (QED) is 0.655. The van der Waals surface area contributed by atoms with Crippen LogP contribution in [0.1, 0.15) is 10.4 Å². The molecule has 2 rings (SSSR count). The monoisotopic (exact) mass is 339 g/mol. The van der Waals surface area contributed by atoms with Crippen LogP contribution in [0.3, 0.4) is 0 Å². The molecule has 0 aromatic heterocycles. The molecular formula is C13H12BrN2O4. The summed E-state index contributed by atoms with van der Waals surface area (Å²) in [4.78, 5) is 23.6. The maximum Gasteiger partial charge on any atom is 0.345 e. The molecule has 1 radical (unpaired) electrons. The molecule has 105 valence electrons. The van der Waals surface area contributed by atoms with E-state index in [1.54, 1.807) is 18.2 Å². The van der Waals surface area contributed by atoms with Crippen molar-refractivity contribution >= 4 is 27.7 Å². The summed E-state index contributed by atoms with van der Waals surface area (Å²) in [6.07, 6.45) is 0. The topological polar surface area (TPSA) is 78.7 Å². The van der Waals surface area contributed by atoms with Gasteiger partial charge in [0.05, 0.1) is 19.9 Å². The van der Waals surface area contributed by atoms with Crippen LogP contribution in [0.4, 0.5) is 4.79 Å². The van der Waals surface area contributed by atoms with E-state index in [2.05, 4.69) is 26.6 Å². The number of ether oxygens (including phenoxy) is 2. The van der Waals surface area contributed by atoms with Crippen LogP contribution in [-0.4, -0.2) is 31.4 Å². The lowest BCUT2D eigenvalue weighted by molar-refractivity contribution is 0.102. The van der Waals surface area contributed by atoms with Crippen molar-refractivity contribution in [2.75, 3.05) is 19.5 Å². The number of Topliss-reactive ketones (excluding diaryl/α,β-unsaturated/α-hetero) is 1. The summed E-state index contributed by atoms with van der Waals surface area (Å²) in [6.45, 7) is 0. The highest BCUT2D eigenvalue weighted by atomic mass is 79.9. The highest BCUT2D eigenvalue weighted by Crippen LogP contribution is 2.29. The van der Waals surface area contributed by atoms with Crippen LogP contribution in [0.25, 0.3) is 0 Å². The van der Waals surface area contributed by atoms with Crippen LogP contribution >= 0.6 is 15.9 Å². The van der Waals surface area contributed by atoms with Crippen molar-refractivity contribution in [3.63, 3.8) is 0 Å². The first-order valence-corrected chi connectivity index (χ1v) is 6.81. The minimum absolute atomic E-state index is 0.110. The van der Waals surface area contributed by atoms with E-state index in [0.29, 0.717) is 28.1 Å². The fraction of sp³-hybridized carbons (Fsp3) is 0.231. The second kappa shape index (κ2) is 5.96. The molecule has 0 atom stereocenters. The number of halogens is 1. The predicted octanol–water partition coefficient (Wildman–Crippen LogP) is 1.82. The summed E-state index contributed by atoms with van der Waals surface area (Å²) < 4.78 is 10.3. The molecule has 7 heteroatoms. The van der Waals surface area contributed by atoms with Gasteiger partial charge in [0, 0.05) is 10.9 Å². The Morgan fingerprint density at radius 3 is 2.60 bits per heavy atom. The van der Waals surface area contributed by atoms with E-state index in [0.717, 1.165) is 0 Å². The number of benzene rings is 1. The Hall–Kier alpha value is -2.02. The number of allylic oxidation sites excluding steroid dienone is 2. The molecule has 6 nitrogen and oxygen atoms in total. The van der Waals surface area contributed by atoms with Gasteiger partial charge in [0.25, 0.3) is 0 Å². The van der Waals surface area contributed by atoms with Crippen LogP contribution in [-0.2, 0) is 0 Å². The van der Waals surface area contributed by atoms with Gasteiger partial charge in [0.2, 0.25) is 5.78 Å². The Balaban J connectivity index is 2.36. The SMILES string of the molecule is COc1ccc(C(=O)C2=C(CBr)NC(=O)[N]2)cc1OC. The smallest absolute Gasteiger partial charge is 0.345 e. The molecule has 0 bridgehead atoms. The standard InChI is InChI=1S/C13H12BrN2O4/c1-19-9-4-3-7(5-10(9)20-2)12(17)11-8(6-14)15-13(18)16-11/h3-5H,6H2,1-2H3,(H,15,18). The van der Waals surface area contributed by atoms with Crippen LogP contribution in [0.5, 0.6) is 11.5 Å². The van der Waals surface area contributed by atoms with Gasteiger partial charge in [-0.25, -0.2) is 4.79 Å². The van der Waals surface area contributed by atoms with Crippen molar-refractivity contribution in [2.24, 2.45) is 0 Å². The molecule has 0 saturated carbocycles. The van der Waals surface area contributed by atoms with Gasteiger partial charge in [-0.2, -0.15) is 5.32 Å². The molecule has 1 N–H and O–H groups in total. The summed E-state index contributed by atoms with van der Waals surface area (Å²) in [6, 6.07) is 4.24. The van der Waals surface area contributed by atoms with E-state index in [-0.39, 0.29) is 11.5 Å². The van der Waals surface area contributed by atoms with E-state index in [4.69, 9.17) is 9.47 Å². The minimum atomic E-state index is -0.539. The zero-order chi connectivity index (χ0) is 14.7. The van der Waals surface area contributed by atoms with Gasteiger partial charge < -0.3 is 14.8 Å². The summed E-state index contributed by atoms with van der Waals surface area (Å²) in [5, 5.41) is 6.54. The third kappa shape index (κ3) is 2.62. The van der Waals surface area contributed by atoms with E-state index in [1.165, 1.54) is 14.2 Å². The number of methoxy groups -OCH3 is 2. The Morgan fingerprint density at radius 2 is 2.00 bits per heavy atom. The number of alkyl halides is 1. The van der Waals surface area contributed by atoms with Crippen molar-refractivity contribution in [3.8, 4) is 11.5 Å². The molecule has 0 spiro atoms. The van der Waals surface area contributed by atoms with Crippen molar-refractivity contribution in [1.29, 1.82) is 0 Å². The maximum absolute atomic E-state index is 12.4. The molecule has 1 aliphatic rings. The van der Waals surface area contributed by atoms with Gasteiger partial charge in [-0.1, -0.05) is 15.9 Å². The molecule has 0 saturated heterocycles. The largest absolute Gasteiger partial charge is 0.493 e. The number of carbonyl (C=O) groups excluding carboxylic acids is 2. The number of ketones is 1. The fourth-order valence-electron chi connectivity index (χ4n) is 1.78. The first kappa shape index (κ1) is 14.4. The average Bonchev–Trinajstić information content (AvgIpc) is 2.86. The number of nitrogens with zero attached hydrogens (tertiary/aromatic N) is 1. The number of nitrogens with one attached hydrogen (secondary N) is 1.